The van der Waals surface area contributed by atoms with Crippen LogP contribution in [0.2, 0.25) is 0 Å². The molecule has 2 rings (SSSR count). The van der Waals surface area contributed by atoms with E-state index in [1.807, 2.05) is 12.1 Å². The van der Waals surface area contributed by atoms with Crippen molar-refractivity contribution in [2.24, 2.45) is 0 Å². The van der Waals surface area contributed by atoms with Crippen molar-refractivity contribution in [3.8, 4) is 0 Å². The van der Waals surface area contributed by atoms with E-state index in [1.54, 1.807) is 6.07 Å². The molecule has 2 nitrogen and oxygen atoms in total. The van der Waals surface area contributed by atoms with E-state index in [4.69, 9.17) is 0 Å². The molecule has 1 aliphatic rings. The minimum absolute atomic E-state index is 0.101. The van der Waals surface area contributed by atoms with E-state index in [-0.39, 0.29) is 5.82 Å². The van der Waals surface area contributed by atoms with E-state index in [0.29, 0.717) is 18.6 Å². The quantitative estimate of drug-likeness (QED) is 0.872. The summed E-state index contributed by atoms with van der Waals surface area (Å²) in [7, 11) is 2.10. The fraction of sp³-hybridized carbons (Fsp3) is 0.625. The standard InChI is InChI=1S/C16H25FN2/c1-12(2)18-11-14-15(17)9-6-10-16(14)19(3)13-7-4-5-8-13/h6,9-10,12-13,18H,4-5,7-8,11H2,1-3H3. The summed E-state index contributed by atoms with van der Waals surface area (Å²) in [6, 6.07) is 6.35. The van der Waals surface area contributed by atoms with Crippen LogP contribution in [0, 0.1) is 5.82 Å². The van der Waals surface area contributed by atoms with E-state index >= 15 is 0 Å². The summed E-state index contributed by atoms with van der Waals surface area (Å²) in [5.41, 5.74) is 1.84. The summed E-state index contributed by atoms with van der Waals surface area (Å²) < 4.78 is 14.1. The van der Waals surface area contributed by atoms with E-state index in [9.17, 15) is 4.39 Å². The molecule has 0 aromatic heterocycles. The molecule has 0 bridgehead atoms. The van der Waals surface area contributed by atoms with E-state index < -0.39 is 0 Å². The van der Waals surface area contributed by atoms with Gasteiger partial charge in [0, 0.05) is 36.9 Å². The molecule has 1 saturated carbocycles. The number of halogens is 1. The third kappa shape index (κ3) is 3.47. The molecule has 1 N–H and O–H groups in total. The zero-order valence-electron chi connectivity index (χ0n) is 12.2. The normalized spacial score (nSPS) is 16.3. The molecule has 0 amide bonds. The van der Waals surface area contributed by atoms with Gasteiger partial charge in [0.05, 0.1) is 0 Å². The molecule has 3 heteroatoms. The van der Waals surface area contributed by atoms with Gasteiger partial charge in [-0.05, 0) is 25.0 Å². The summed E-state index contributed by atoms with van der Waals surface area (Å²) in [6.45, 7) is 4.76. The molecule has 0 unspecified atom stereocenters. The van der Waals surface area contributed by atoms with Gasteiger partial charge in [0.15, 0.2) is 0 Å². The van der Waals surface area contributed by atoms with Crippen LogP contribution >= 0.6 is 0 Å². The highest BCUT2D eigenvalue weighted by Gasteiger charge is 2.22. The van der Waals surface area contributed by atoms with Crippen LogP contribution in [0.25, 0.3) is 0 Å². The molecule has 0 aliphatic heterocycles. The Hall–Kier alpha value is -1.09. The molecule has 1 fully saturated rings. The van der Waals surface area contributed by atoms with Crippen LogP contribution in [0.1, 0.15) is 45.1 Å². The van der Waals surface area contributed by atoms with Gasteiger partial charge < -0.3 is 10.2 Å². The maximum atomic E-state index is 14.1. The maximum Gasteiger partial charge on any atom is 0.129 e. The van der Waals surface area contributed by atoms with Crippen LogP contribution in [-0.2, 0) is 6.54 Å². The number of nitrogens with one attached hydrogen (secondary N) is 1. The Kier molecular flexibility index (Phi) is 4.81. The van der Waals surface area contributed by atoms with E-state index in [1.165, 1.54) is 25.7 Å². The lowest BCUT2D eigenvalue weighted by Gasteiger charge is -2.29. The number of anilines is 1. The Bertz CT molecular complexity index is 411. The topological polar surface area (TPSA) is 15.3 Å². The van der Waals surface area contributed by atoms with Crippen LogP contribution in [0.3, 0.4) is 0 Å². The molecule has 0 saturated heterocycles. The van der Waals surface area contributed by atoms with Gasteiger partial charge in [0.2, 0.25) is 0 Å². The van der Waals surface area contributed by atoms with Gasteiger partial charge in [-0.1, -0.05) is 32.8 Å². The molecular formula is C16H25FN2. The van der Waals surface area contributed by atoms with Crippen LogP contribution in [0.15, 0.2) is 18.2 Å². The summed E-state index contributed by atoms with van der Waals surface area (Å²) in [6.07, 6.45) is 5.04. The average Bonchev–Trinajstić information content (AvgIpc) is 2.89. The molecule has 106 valence electrons. The fourth-order valence-corrected chi connectivity index (χ4v) is 2.85. The number of hydrogen-bond donors (Lipinski definition) is 1. The number of rotatable bonds is 5. The molecule has 1 aromatic rings. The fourth-order valence-electron chi connectivity index (χ4n) is 2.85. The van der Waals surface area contributed by atoms with Crippen molar-refractivity contribution in [2.45, 2.75) is 58.2 Å². The lowest BCUT2D eigenvalue weighted by atomic mass is 10.1. The summed E-state index contributed by atoms with van der Waals surface area (Å²) in [5, 5.41) is 3.32. The van der Waals surface area contributed by atoms with Crippen molar-refractivity contribution in [2.75, 3.05) is 11.9 Å². The molecule has 1 aliphatic carbocycles. The SMILES string of the molecule is CC(C)NCc1c(F)cccc1N(C)C1CCCC1. The van der Waals surface area contributed by atoms with Crippen LogP contribution < -0.4 is 10.2 Å². The van der Waals surface area contributed by atoms with Crippen molar-refractivity contribution in [1.82, 2.24) is 5.32 Å². The lowest BCUT2D eigenvalue weighted by Crippen LogP contribution is -2.31. The Balaban J connectivity index is 2.20. The molecule has 0 heterocycles. The van der Waals surface area contributed by atoms with Gasteiger partial charge in [0.25, 0.3) is 0 Å². The van der Waals surface area contributed by atoms with Gasteiger partial charge in [-0.15, -0.1) is 0 Å². The second-order valence-corrected chi connectivity index (χ2v) is 5.82. The first-order valence-corrected chi connectivity index (χ1v) is 7.33. The van der Waals surface area contributed by atoms with Crippen LogP contribution in [0.4, 0.5) is 10.1 Å². The summed E-state index contributed by atoms with van der Waals surface area (Å²) in [4.78, 5) is 2.27. The van der Waals surface area contributed by atoms with Crippen molar-refractivity contribution < 1.29 is 4.39 Å². The molecule has 0 radical (unpaired) electrons. The Labute approximate surface area is 116 Å². The highest BCUT2D eigenvalue weighted by Crippen LogP contribution is 2.30. The van der Waals surface area contributed by atoms with Gasteiger partial charge in [-0.2, -0.15) is 0 Å². The van der Waals surface area contributed by atoms with Crippen molar-refractivity contribution in [3.05, 3.63) is 29.6 Å². The Morgan fingerprint density at radius 3 is 2.63 bits per heavy atom. The number of nitrogens with zero attached hydrogens (tertiary/aromatic N) is 1. The zero-order chi connectivity index (χ0) is 13.8. The van der Waals surface area contributed by atoms with Crippen molar-refractivity contribution in [1.29, 1.82) is 0 Å². The second-order valence-electron chi connectivity index (χ2n) is 5.82. The van der Waals surface area contributed by atoms with Gasteiger partial charge in [-0.25, -0.2) is 4.39 Å². The zero-order valence-corrected chi connectivity index (χ0v) is 12.2. The molecule has 0 spiro atoms. The van der Waals surface area contributed by atoms with Crippen LogP contribution in [-0.4, -0.2) is 19.1 Å². The largest absolute Gasteiger partial charge is 0.371 e. The Morgan fingerprint density at radius 1 is 1.32 bits per heavy atom. The minimum Gasteiger partial charge on any atom is -0.371 e. The third-order valence-corrected chi connectivity index (χ3v) is 4.03. The first kappa shape index (κ1) is 14.3. The molecule has 19 heavy (non-hydrogen) atoms. The Morgan fingerprint density at radius 2 is 2.00 bits per heavy atom. The lowest BCUT2D eigenvalue weighted by molar-refractivity contribution is 0.549. The molecule has 0 atom stereocenters. The summed E-state index contributed by atoms with van der Waals surface area (Å²) in [5.74, 6) is -0.101. The number of benzene rings is 1. The van der Waals surface area contributed by atoms with Crippen molar-refractivity contribution in [3.63, 3.8) is 0 Å². The first-order valence-electron chi connectivity index (χ1n) is 7.33. The third-order valence-electron chi connectivity index (χ3n) is 4.03. The van der Waals surface area contributed by atoms with E-state index in [0.717, 1.165) is 11.3 Å². The highest BCUT2D eigenvalue weighted by atomic mass is 19.1. The van der Waals surface area contributed by atoms with Gasteiger partial charge in [-0.3, -0.25) is 0 Å². The predicted molar refractivity (Wildman–Crippen MR) is 79.0 cm³/mol. The summed E-state index contributed by atoms with van der Waals surface area (Å²) >= 11 is 0. The van der Waals surface area contributed by atoms with Gasteiger partial charge >= 0.3 is 0 Å². The maximum absolute atomic E-state index is 14.1. The minimum atomic E-state index is -0.101. The highest BCUT2D eigenvalue weighted by molar-refractivity contribution is 5.54. The van der Waals surface area contributed by atoms with Crippen molar-refractivity contribution >= 4 is 5.69 Å². The van der Waals surface area contributed by atoms with E-state index in [2.05, 4.69) is 31.1 Å². The second kappa shape index (κ2) is 6.38. The molecular weight excluding hydrogens is 239 g/mol. The monoisotopic (exact) mass is 264 g/mol. The smallest absolute Gasteiger partial charge is 0.129 e. The number of hydrogen-bond acceptors (Lipinski definition) is 2. The van der Waals surface area contributed by atoms with Crippen LogP contribution in [0.5, 0.6) is 0 Å². The average molecular weight is 264 g/mol. The predicted octanol–water partition coefficient (Wildman–Crippen LogP) is 3.70. The molecule has 1 aromatic carbocycles. The van der Waals surface area contributed by atoms with Gasteiger partial charge in [0.1, 0.15) is 5.82 Å². The first-order chi connectivity index (χ1) is 9.09.